The van der Waals surface area contributed by atoms with Crippen LogP contribution in [0, 0.1) is 5.82 Å². The molecule has 0 spiro atoms. The number of carbonyl (C=O) groups excluding carboxylic acids is 2. The fourth-order valence-electron chi connectivity index (χ4n) is 4.17. The first-order valence-corrected chi connectivity index (χ1v) is 10.9. The van der Waals surface area contributed by atoms with Crippen molar-refractivity contribution in [1.29, 1.82) is 0 Å². The summed E-state index contributed by atoms with van der Waals surface area (Å²) in [5.41, 5.74) is 1.78. The SMILES string of the molecule is COOCc1ccc(F)c2c(C(=O)C(=O)N3CCN(c4nnnn4-c4ccccc4)CC3)c[nH]c12. The van der Waals surface area contributed by atoms with E-state index >= 15 is 0 Å². The molecule has 0 radical (unpaired) electrons. The quantitative estimate of drug-likeness (QED) is 0.185. The second kappa shape index (κ2) is 9.60. The topological polar surface area (TPSA) is 118 Å². The van der Waals surface area contributed by atoms with Crippen molar-refractivity contribution < 1.29 is 23.8 Å². The van der Waals surface area contributed by atoms with E-state index in [2.05, 4.69) is 25.4 Å². The predicted molar refractivity (Wildman–Crippen MR) is 122 cm³/mol. The van der Waals surface area contributed by atoms with E-state index in [1.165, 1.54) is 30.3 Å². The minimum atomic E-state index is -0.775. The molecule has 0 aliphatic carbocycles. The van der Waals surface area contributed by atoms with Crippen LogP contribution in [0.3, 0.4) is 0 Å². The molecule has 2 aromatic carbocycles. The monoisotopic (exact) mass is 479 g/mol. The van der Waals surface area contributed by atoms with Gasteiger partial charge in [-0.2, -0.15) is 4.68 Å². The Morgan fingerprint density at radius 3 is 2.60 bits per heavy atom. The molecule has 3 heterocycles. The van der Waals surface area contributed by atoms with E-state index in [0.29, 0.717) is 43.2 Å². The normalized spacial score (nSPS) is 14.0. The number of aromatic amines is 1. The van der Waals surface area contributed by atoms with Crippen molar-refractivity contribution in [3.63, 3.8) is 0 Å². The smallest absolute Gasteiger partial charge is 0.295 e. The fourth-order valence-corrected chi connectivity index (χ4v) is 4.17. The number of hydrogen-bond donors (Lipinski definition) is 1. The number of halogens is 1. The van der Waals surface area contributed by atoms with Crippen molar-refractivity contribution in [2.75, 3.05) is 38.2 Å². The highest BCUT2D eigenvalue weighted by atomic mass is 19.1. The average molecular weight is 479 g/mol. The summed E-state index contributed by atoms with van der Waals surface area (Å²) in [6, 6.07) is 12.3. The van der Waals surface area contributed by atoms with E-state index in [0.717, 1.165) is 5.69 Å². The number of rotatable bonds is 7. The lowest BCUT2D eigenvalue weighted by atomic mass is 10.0. The minimum absolute atomic E-state index is 0.0165. The van der Waals surface area contributed by atoms with Gasteiger partial charge in [-0.05, 0) is 28.6 Å². The summed E-state index contributed by atoms with van der Waals surface area (Å²) in [4.78, 5) is 41.9. The number of Topliss-reactive ketones (excluding diaryl/α,β-unsaturated/α-hetero) is 1. The minimum Gasteiger partial charge on any atom is -0.360 e. The van der Waals surface area contributed by atoms with Gasteiger partial charge in [-0.25, -0.2) is 14.2 Å². The number of anilines is 1. The lowest BCUT2D eigenvalue weighted by Gasteiger charge is -2.34. The largest absolute Gasteiger partial charge is 0.360 e. The van der Waals surface area contributed by atoms with Gasteiger partial charge in [-0.15, -0.1) is 0 Å². The Morgan fingerprint density at radius 1 is 1.09 bits per heavy atom. The number of para-hydroxylation sites is 1. The Hall–Kier alpha value is -4.16. The van der Waals surface area contributed by atoms with Crippen molar-refractivity contribution in [3.05, 3.63) is 65.6 Å². The van der Waals surface area contributed by atoms with Crippen molar-refractivity contribution >= 4 is 28.5 Å². The summed E-state index contributed by atoms with van der Waals surface area (Å²) in [5, 5.41) is 12.0. The number of benzene rings is 2. The second-order valence-corrected chi connectivity index (χ2v) is 7.92. The number of fused-ring (bicyclic) bond motifs is 1. The number of piperazine rings is 1. The maximum Gasteiger partial charge on any atom is 0.295 e. The van der Waals surface area contributed by atoms with Crippen molar-refractivity contribution in [3.8, 4) is 5.69 Å². The number of nitrogens with one attached hydrogen (secondary N) is 1. The van der Waals surface area contributed by atoms with E-state index in [1.807, 2.05) is 35.2 Å². The van der Waals surface area contributed by atoms with Crippen LogP contribution in [0.1, 0.15) is 15.9 Å². The van der Waals surface area contributed by atoms with Crippen LogP contribution in [0.15, 0.2) is 48.7 Å². The molecule has 0 unspecified atom stereocenters. The van der Waals surface area contributed by atoms with Gasteiger partial charge in [0.1, 0.15) is 12.4 Å². The van der Waals surface area contributed by atoms with Crippen LogP contribution in [0.2, 0.25) is 0 Å². The van der Waals surface area contributed by atoms with E-state index in [-0.39, 0.29) is 17.6 Å². The Balaban J connectivity index is 1.31. The summed E-state index contributed by atoms with van der Waals surface area (Å²) in [5.74, 6) is -1.51. The van der Waals surface area contributed by atoms with Gasteiger partial charge in [-0.1, -0.05) is 29.4 Å². The first kappa shape index (κ1) is 22.6. The third-order valence-electron chi connectivity index (χ3n) is 5.95. The number of tetrazole rings is 1. The van der Waals surface area contributed by atoms with Gasteiger partial charge in [0, 0.05) is 43.3 Å². The summed E-state index contributed by atoms with van der Waals surface area (Å²) < 4.78 is 16.3. The second-order valence-electron chi connectivity index (χ2n) is 7.92. The maximum atomic E-state index is 14.6. The Kier molecular flexibility index (Phi) is 6.21. The molecule has 1 N–H and O–H groups in total. The zero-order valence-corrected chi connectivity index (χ0v) is 18.8. The first-order valence-electron chi connectivity index (χ1n) is 10.9. The van der Waals surface area contributed by atoms with Gasteiger partial charge in [0.15, 0.2) is 0 Å². The molecule has 0 atom stereocenters. The van der Waals surface area contributed by atoms with Crippen molar-refractivity contribution in [2.24, 2.45) is 0 Å². The van der Waals surface area contributed by atoms with Crippen LogP contribution in [-0.2, 0) is 21.2 Å². The van der Waals surface area contributed by atoms with Crippen LogP contribution in [0.5, 0.6) is 0 Å². The molecule has 0 saturated carbocycles. The Bertz CT molecular complexity index is 1360. The molecule has 2 aromatic heterocycles. The van der Waals surface area contributed by atoms with Crippen LogP contribution >= 0.6 is 0 Å². The lowest BCUT2D eigenvalue weighted by molar-refractivity contribution is -0.282. The van der Waals surface area contributed by atoms with Crippen LogP contribution in [-0.4, -0.2) is 75.1 Å². The third-order valence-corrected chi connectivity index (χ3v) is 5.95. The average Bonchev–Trinajstić information content (AvgIpc) is 3.57. The summed E-state index contributed by atoms with van der Waals surface area (Å²) in [6.45, 7) is 1.52. The molecule has 5 rings (SSSR count). The van der Waals surface area contributed by atoms with Gasteiger partial charge < -0.3 is 14.8 Å². The van der Waals surface area contributed by atoms with Crippen molar-refractivity contribution in [2.45, 2.75) is 6.61 Å². The Labute approximate surface area is 198 Å². The molecule has 1 aliphatic heterocycles. The standard InChI is InChI=1S/C23H22FN7O4/c1-34-35-14-15-7-8-18(24)19-17(13-25-20(15)19)21(32)22(33)29-9-11-30(12-10-29)23-26-27-28-31(23)16-5-3-2-4-6-16/h2-8,13,25H,9-12,14H2,1H3. The van der Waals surface area contributed by atoms with Gasteiger partial charge in [0.2, 0.25) is 5.95 Å². The van der Waals surface area contributed by atoms with Gasteiger partial charge in [-0.3, -0.25) is 9.59 Å². The highest BCUT2D eigenvalue weighted by Gasteiger charge is 2.31. The van der Waals surface area contributed by atoms with Crippen LogP contribution in [0.4, 0.5) is 10.3 Å². The van der Waals surface area contributed by atoms with Gasteiger partial charge in [0.25, 0.3) is 11.7 Å². The number of ketones is 1. The summed E-state index contributed by atoms with van der Waals surface area (Å²) in [6.07, 6.45) is 1.36. The summed E-state index contributed by atoms with van der Waals surface area (Å²) in [7, 11) is 1.37. The zero-order chi connectivity index (χ0) is 24.4. The molecule has 4 aromatic rings. The molecule has 1 aliphatic rings. The van der Waals surface area contributed by atoms with Gasteiger partial charge in [0.05, 0.1) is 23.9 Å². The Morgan fingerprint density at radius 2 is 1.86 bits per heavy atom. The van der Waals surface area contributed by atoms with E-state index < -0.39 is 17.5 Å². The van der Waals surface area contributed by atoms with Crippen molar-refractivity contribution in [1.82, 2.24) is 30.1 Å². The van der Waals surface area contributed by atoms with Crippen LogP contribution in [0.25, 0.3) is 16.6 Å². The highest BCUT2D eigenvalue weighted by Crippen LogP contribution is 2.27. The molecule has 1 amide bonds. The number of carbonyl (C=O) groups is 2. The predicted octanol–water partition coefficient (Wildman–Crippen LogP) is 1.89. The highest BCUT2D eigenvalue weighted by molar-refractivity contribution is 6.45. The van der Waals surface area contributed by atoms with E-state index in [9.17, 15) is 14.0 Å². The number of amides is 1. The van der Waals surface area contributed by atoms with E-state index in [1.54, 1.807) is 4.68 Å². The molecule has 1 fully saturated rings. The van der Waals surface area contributed by atoms with Gasteiger partial charge >= 0.3 is 0 Å². The fraction of sp³-hybridized carbons (Fsp3) is 0.261. The maximum absolute atomic E-state index is 14.6. The molecule has 35 heavy (non-hydrogen) atoms. The molecular weight excluding hydrogens is 457 g/mol. The molecule has 0 bridgehead atoms. The number of nitrogens with zero attached hydrogens (tertiary/aromatic N) is 6. The molecule has 11 nitrogen and oxygen atoms in total. The molecule has 180 valence electrons. The zero-order valence-electron chi connectivity index (χ0n) is 18.8. The molecule has 1 saturated heterocycles. The third kappa shape index (κ3) is 4.24. The number of hydrogen-bond acceptors (Lipinski definition) is 8. The molecule has 12 heteroatoms. The first-order chi connectivity index (χ1) is 17.1. The van der Waals surface area contributed by atoms with E-state index in [4.69, 9.17) is 4.89 Å². The molecular formula is C23H22FN7O4. The lowest BCUT2D eigenvalue weighted by Crippen LogP contribution is -2.51. The van der Waals surface area contributed by atoms with Crippen LogP contribution < -0.4 is 4.90 Å². The number of aromatic nitrogens is 5. The number of H-pyrrole nitrogens is 1. The summed E-state index contributed by atoms with van der Waals surface area (Å²) >= 11 is 0.